The van der Waals surface area contributed by atoms with Crippen LogP contribution in [-0.4, -0.2) is 22.2 Å². The topological polar surface area (TPSA) is 46.9 Å². The third kappa shape index (κ3) is 4.85. The predicted molar refractivity (Wildman–Crippen MR) is 103 cm³/mol. The van der Waals surface area contributed by atoms with Gasteiger partial charge >= 0.3 is 0 Å². The Balaban J connectivity index is 1.85. The molecule has 1 heterocycles. The van der Waals surface area contributed by atoms with E-state index in [-0.39, 0.29) is 11.3 Å². The van der Waals surface area contributed by atoms with Crippen LogP contribution >= 0.6 is 11.6 Å². The van der Waals surface area contributed by atoms with Gasteiger partial charge in [0.2, 0.25) is 0 Å². The zero-order valence-electron chi connectivity index (χ0n) is 15.8. The van der Waals surface area contributed by atoms with Crippen LogP contribution in [0.25, 0.3) is 0 Å². The molecule has 1 aromatic heterocycles. The number of halogens is 1. The second-order valence-electron chi connectivity index (χ2n) is 7.39. The van der Waals surface area contributed by atoms with Crippen molar-refractivity contribution in [3.8, 4) is 0 Å². The number of hydrogen-bond acceptors (Lipinski definition) is 2. The number of aromatic nitrogens is 2. The monoisotopic (exact) mass is 361 g/mol. The first kappa shape index (κ1) is 19.5. The minimum absolute atomic E-state index is 0.164. The average molecular weight is 362 g/mol. The highest BCUT2D eigenvalue weighted by molar-refractivity contribution is 6.34. The molecule has 0 saturated heterocycles. The minimum atomic E-state index is -0.164. The van der Waals surface area contributed by atoms with Gasteiger partial charge in [0.15, 0.2) is 0 Å². The number of benzene rings is 1. The molecule has 0 fully saturated rings. The normalized spacial score (nSPS) is 11.6. The number of nitrogens with one attached hydrogen (secondary N) is 1. The number of hydrogen-bond donors (Lipinski definition) is 1. The fourth-order valence-electron chi connectivity index (χ4n) is 2.78. The van der Waals surface area contributed by atoms with Crippen LogP contribution in [0.4, 0.5) is 0 Å². The summed E-state index contributed by atoms with van der Waals surface area (Å²) in [6.45, 7) is 9.23. The molecule has 0 aliphatic rings. The molecular weight excluding hydrogens is 334 g/mol. The van der Waals surface area contributed by atoms with Crippen LogP contribution in [0.5, 0.6) is 0 Å². The van der Waals surface area contributed by atoms with Crippen LogP contribution in [0.15, 0.2) is 24.3 Å². The van der Waals surface area contributed by atoms with Crippen molar-refractivity contribution in [2.45, 2.75) is 52.4 Å². The van der Waals surface area contributed by atoms with E-state index in [4.69, 9.17) is 11.6 Å². The van der Waals surface area contributed by atoms with Gasteiger partial charge in [-0.05, 0) is 35.8 Å². The lowest BCUT2D eigenvalue weighted by atomic mass is 9.86. The molecule has 2 rings (SSSR count). The molecule has 4 nitrogen and oxygen atoms in total. The van der Waals surface area contributed by atoms with E-state index in [0.29, 0.717) is 23.7 Å². The van der Waals surface area contributed by atoms with Gasteiger partial charge in [-0.15, -0.1) is 0 Å². The Morgan fingerprint density at radius 1 is 1.24 bits per heavy atom. The molecule has 25 heavy (non-hydrogen) atoms. The number of carbonyl (C=O) groups is 1. The Hall–Kier alpha value is -1.81. The number of rotatable bonds is 6. The molecule has 0 spiro atoms. The standard InChI is InChI=1S/C20H28ClN3O/c1-6-16-17(21)18(24(5)23-16)19(25)22-13-7-8-14-9-11-15(12-10-14)20(2,3)4/h9-12H,6-8,13H2,1-5H3,(H,22,25). The van der Waals surface area contributed by atoms with Crippen LogP contribution in [0.1, 0.15) is 61.4 Å². The van der Waals surface area contributed by atoms with E-state index in [1.54, 1.807) is 11.7 Å². The number of aryl methyl sites for hydroxylation is 3. The number of nitrogens with zero attached hydrogens (tertiary/aromatic N) is 2. The Morgan fingerprint density at radius 3 is 2.40 bits per heavy atom. The van der Waals surface area contributed by atoms with Gasteiger partial charge in [0.05, 0.1) is 10.7 Å². The lowest BCUT2D eigenvalue weighted by Gasteiger charge is -2.19. The van der Waals surface area contributed by atoms with Crippen LogP contribution in [0.3, 0.4) is 0 Å². The fraction of sp³-hybridized carbons (Fsp3) is 0.500. The van der Waals surface area contributed by atoms with Gasteiger partial charge in [-0.2, -0.15) is 5.10 Å². The van der Waals surface area contributed by atoms with Gasteiger partial charge in [-0.3, -0.25) is 9.48 Å². The summed E-state index contributed by atoms with van der Waals surface area (Å²) in [5, 5.41) is 7.68. The van der Waals surface area contributed by atoms with Crippen molar-refractivity contribution in [3.63, 3.8) is 0 Å². The highest BCUT2D eigenvalue weighted by Crippen LogP contribution is 2.22. The summed E-state index contributed by atoms with van der Waals surface area (Å²) in [6, 6.07) is 8.73. The number of amides is 1. The molecule has 1 N–H and O–H groups in total. The average Bonchev–Trinajstić information content (AvgIpc) is 2.85. The first-order chi connectivity index (χ1) is 11.7. The van der Waals surface area contributed by atoms with E-state index in [9.17, 15) is 4.79 Å². The molecule has 0 aliphatic carbocycles. The van der Waals surface area contributed by atoms with E-state index in [1.807, 2.05) is 6.92 Å². The molecule has 0 saturated carbocycles. The molecule has 2 aromatic rings. The van der Waals surface area contributed by atoms with Crippen molar-refractivity contribution in [1.82, 2.24) is 15.1 Å². The molecule has 0 unspecified atom stereocenters. The summed E-state index contributed by atoms with van der Waals surface area (Å²) in [6.07, 6.45) is 2.53. The van der Waals surface area contributed by atoms with Gasteiger partial charge in [-0.25, -0.2) is 0 Å². The summed E-state index contributed by atoms with van der Waals surface area (Å²) in [5.41, 5.74) is 3.99. The Morgan fingerprint density at radius 2 is 1.88 bits per heavy atom. The summed E-state index contributed by atoms with van der Waals surface area (Å²) in [5.74, 6) is -0.164. The van der Waals surface area contributed by atoms with Crippen molar-refractivity contribution in [2.24, 2.45) is 7.05 Å². The zero-order valence-corrected chi connectivity index (χ0v) is 16.6. The summed E-state index contributed by atoms with van der Waals surface area (Å²) in [4.78, 5) is 12.3. The molecular formula is C20H28ClN3O. The second kappa shape index (κ2) is 8.05. The smallest absolute Gasteiger partial charge is 0.271 e. The van der Waals surface area contributed by atoms with Crippen molar-refractivity contribution in [2.75, 3.05) is 6.54 Å². The number of carbonyl (C=O) groups excluding carboxylic acids is 1. The van der Waals surface area contributed by atoms with Gasteiger partial charge in [-0.1, -0.05) is 63.6 Å². The highest BCUT2D eigenvalue weighted by atomic mass is 35.5. The molecule has 136 valence electrons. The summed E-state index contributed by atoms with van der Waals surface area (Å²) >= 11 is 6.24. The summed E-state index contributed by atoms with van der Waals surface area (Å²) < 4.78 is 1.56. The first-order valence-electron chi connectivity index (χ1n) is 8.83. The molecule has 0 radical (unpaired) electrons. The molecule has 1 aromatic carbocycles. The van der Waals surface area contributed by atoms with Gasteiger partial charge in [0.1, 0.15) is 5.69 Å². The highest BCUT2D eigenvalue weighted by Gasteiger charge is 2.19. The van der Waals surface area contributed by atoms with E-state index in [2.05, 4.69) is 55.5 Å². The minimum Gasteiger partial charge on any atom is -0.351 e. The lowest BCUT2D eigenvalue weighted by Crippen LogP contribution is -2.27. The first-order valence-corrected chi connectivity index (χ1v) is 9.20. The Labute approximate surface area is 155 Å². The Kier molecular flexibility index (Phi) is 6.28. The van der Waals surface area contributed by atoms with Gasteiger partial charge in [0, 0.05) is 13.6 Å². The van der Waals surface area contributed by atoms with Crippen LogP contribution in [0.2, 0.25) is 5.02 Å². The third-order valence-corrected chi connectivity index (χ3v) is 4.75. The van der Waals surface area contributed by atoms with Gasteiger partial charge in [0.25, 0.3) is 5.91 Å². The quantitative estimate of drug-likeness (QED) is 0.780. The van der Waals surface area contributed by atoms with E-state index in [1.165, 1.54) is 11.1 Å². The van der Waals surface area contributed by atoms with Crippen molar-refractivity contribution >= 4 is 17.5 Å². The van der Waals surface area contributed by atoms with Crippen LogP contribution in [0, 0.1) is 0 Å². The largest absolute Gasteiger partial charge is 0.351 e. The van der Waals surface area contributed by atoms with Gasteiger partial charge < -0.3 is 5.32 Å². The maximum absolute atomic E-state index is 12.3. The maximum Gasteiger partial charge on any atom is 0.271 e. The van der Waals surface area contributed by atoms with E-state index in [0.717, 1.165) is 18.5 Å². The van der Waals surface area contributed by atoms with Crippen molar-refractivity contribution < 1.29 is 4.79 Å². The fourth-order valence-corrected chi connectivity index (χ4v) is 3.16. The molecule has 0 bridgehead atoms. The third-order valence-electron chi connectivity index (χ3n) is 4.35. The van der Waals surface area contributed by atoms with E-state index < -0.39 is 0 Å². The van der Waals surface area contributed by atoms with E-state index >= 15 is 0 Å². The molecule has 1 amide bonds. The molecule has 0 aliphatic heterocycles. The SMILES string of the molecule is CCc1nn(C)c(C(=O)NCCCc2ccc(C(C)(C)C)cc2)c1Cl. The van der Waals surface area contributed by atoms with Crippen LogP contribution in [-0.2, 0) is 25.3 Å². The van der Waals surface area contributed by atoms with Crippen molar-refractivity contribution in [3.05, 3.63) is 51.8 Å². The Bertz CT molecular complexity index is 727. The molecule has 5 heteroatoms. The maximum atomic E-state index is 12.3. The zero-order chi connectivity index (χ0) is 18.6. The second-order valence-corrected chi connectivity index (χ2v) is 7.77. The lowest BCUT2D eigenvalue weighted by molar-refractivity contribution is 0.0944. The van der Waals surface area contributed by atoms with Crippen molar-refractivity contribution in [1.29, 1.82) is 0 Å². The predicted octanol–water partition coefficient (Wildman–Crippen LogP) is 4.30. The summed E-state index contributed by atoms with van der Waals surface area (Å²) in [7, 11) is 1.75. The molecule has 0 atom stereocenters. The van der Waals surface area contributed by atoms with Crippen LogP contribution < -0.4 is 5.32 Å².